The molecule has 1 aliphatic rings. The highest BCUT2D eigenvalue weighted by Gasteiger charge is 2.32. The smallest absolute Gasteiger partial charge is 0.387 e. The third-order valence-corrected chi connectivity index (χ3v) is 8.31. The molecule has 0 aliphatic carbocycles. The van der Waals surface area contributed by atoms with Crippen LogP contribution in [0.25, 0.3) is 5.69 Å². The van der Waals surface area contributed by atoms with Gasteiger partial charge in [-0.2, -0.15) is 13.1 Å². The molecule has 0 saturated carbocycles. The fourth-order valence-corrected chi connectivity index (χ4v) is 6.41. The minimum absolute atomic E-state index is 0.000176. The van der Waals surface area contributed by atoms with E-state index >= 15 is 0 Å². The molecule has 9 nitrogen and oxygen atoms in total. The van der Waals surface area contributed by atoms with Crippen LogP contribution < -0.4 is 4.74 Å². The van der Waals surface area contributed by atoms with Crippen LogP contribution in [0.15, 0.2) is 59.5 Å². The lowest BCUT2D eigenvalue weighted by Crippen LogP contribution is -2.48. The Hall–Kier alpha value is -3.61. The van der Waals surface area contributed by atoms with Crippen LogP contribution in [0.2, 0.25) is 0 Å². The van der Waals surface area contributed by atoms with Crippen LogP contribution in [-0.2, 0) is 19.5 Å². The predicted octanol–water partition coefficient (Wildman–Crippen LogP) is 4.53. The van der Waals surface area contributed by atoms with Crippen molar-refractivity contribution in [2.45, 2.75) is 51.4 Å². The number of benzene rings is 2. The van der Waals surface area contributed by atoms with Crippen molar-refractivity contribution in [3.8, 4) is 11.4 Å². The molecule has 0 spiro atoms. The number of aromatic nitrogens is 1. The number of hydrogen-bond acceptors (Lipinski definition) is 7. The van der Waals surface area contributed by atoms with E-state index in [2.05, 4.69) is 4.74 Å². The van der Waals surface area contributed by atoms with E-state index in [0.717, 1.165) is 0 Å². The lowest BCUT2D eigenvalue weighted by atomic mass is 10.1. The fraction of sp³-hybridized carbons (Fsp3) is 0.357. The van der Waals surface area contributed by atoms with E-state index in [-0.39, 0.29) is 41.5 Å². The van der Waals surface area contributed by atoms with Crippen molar-refractivity contribution < 1.29 is 41.0 Å². The van der Waals surface area contributed by atoms with Crippen molar-refractivity contribution in [2.24, 2.45) is 0 Å². The Labute approximate surface area is 231 Å². The van der Waals surface area contributed by atoms with E-state index < -0.39 is 35.0 Å². The van der Waals surface area contributed by atoms with Gasteiger partial charge < -0.3 is 18.8 Å². The van der Waals surface area contributed by atoms with E-state index in [1.165, 1.54) is 40.7 Å². The second-order valence-electron chi connectivity index (χ2n) is 9.60. The number of sulfonamides is 1. The zero-order valence-corrected chi connectivity index (χ0v) is 23.3. The number of alkyl halides is 2. The summed E-state index contributed by atoms with van der Waals surface area (Å²) in [6.45, 7) is 3.99. The van der Waals surface area contributed by atoms with Crippen LogP contribution in [0.3, 0.4) is 0 Å². The first-order valence-electron chi connectivity index (χ1n) is 12.6. The highest BCUT2D eigenvalue weighted by atomic mass is 32.2. The molecule has 0 radical (unpaired) electrons. The molecule has 1 aliphatic heterocycles. The van der Waals surface area contributed by atoms with Crippen LogP contribution in [-0.4, -0.2) is 67.6 Å². The number of halogens is 2. The molecule has 12 heteroatoms. The van der Waals surface area contributed by atoms with Gasteiger partial charge in [0.15, 0.2) is 6.61 Å². The van der Waals surface area contributed by atoms with Crippen LogP contribution >= 0.6 is 0 Å². The third kappa shape index (κ3) is 6.40. The third-order valence-electron chi connectivity index (χ3n) is 6.48. The summed E-state index contributed by atoms with van der Waals surface area (Å²) in [5, 5.41) is 0. The number of nitrogens with zero attached hydrogens (tertiary/aromatic N) is 2. The fourth-order valence-electron chi connectivity index (χ4n) is 4.77. The van der Waals surface area contributed by atoms with Crippen LogP contribution in [0.4, 0.5) is 8.78 Å². The number of esters is 1. The molecule has 1 aromatic heterocycles. The van der Waals surface area contributed by atoms with Gasteiger partial charge in [0.25, 0.3) is 0 Å². The number of carbonyl (C=O) groups excluding carboxylic acids is 2. The van der Waals surface area contributed by atoms with Crippen LogP contribution in [0.1, 0.15) is 46.0 Å². The maximum absolute atomic E-state index is 13.2. The van der Waals surface area contributed by atoms with E-state index in [9.17, 15) is 26.8 Å². The van der Waals surface area contributed by atoms with Gasteiger partial charge in [-0.25, -0.2) is 13.2 Å². The summed E-state index contributed by atoms with van der Waals surface area (Å²) in [6.07, 6.45) is -0.531. The molecule has 2 atom stereocenters. The van der Waals surface area contributed by atoms with Gasteiger partial charge in [-0.3, -0.25) is 4.79 Å². The van der Waals surface area contributed by atoms with Crippen LogP contribution in [0.5, 0.6) is 5.75 Å². The van der Waals surface area contributed by atoms with E-state index in [4.69, 9.17) is 9.47 Å². The summed E-state index contributed by atoms with van der Waals surface area (Å²) in [5.74, 6) is -1.28. The number of rotatable bonds is 9. The maximum atomic E-state index is 13.2. The van der Waals surface area contributed by atoms with Gasteiger partial charge in [-0.1, -0.05) is 6.07 Å². The molecular weight excluding hydrogens is 546 g/mol. The van der Waals surface area contributed by atoms with Crippen molar-refractivity contribution in [2.75, 3.05) is 19.7 Å². The molecule has 4 rings (SSSR count). The maximum Gasteiger partial charge on any atom is 0.387 e. The predicted molar refractivity (Wildman–Crippen MR) is 142 cm³/mol. The Morgan fingerprint density at radius 3 is 2.30 bits per heavy atom. The highest BCUT2D eigenvalue weighted by molar-refractivity contribution is 7.89. The first kappa shape index (κ1) is 29.4. The average molecular weight is 577 g/mol. The average Bonchev–Trinajstić information content (AvgIpc) is 3.20. The Morgan fingerprint density at radius 2 is 1.68 bits per heavy atom. The van der Waals surface area contributed by atoms with Gasteiger partial charge >= 0.3 is 12.6 Å². The number of aryl methyl sites for hydroxylation is 1. The van der Waals surface area contributed by atoms with Gasteiger partial charge in [0.1, 0.15) is 5.75 Å². The molecule has 1 saturated heterocycles. The summed E-state index contributed by atoms with van der Waals surface area (Å²) in [7, 11) is -3.87. The molecule has 0 unspecified atom stereocenters. The summed E-state index contributed by atoms with van der Waals surface area (Å²) in [4.78, 5) is 25.7. The SMILES string of the molecule is Cc1cc(C(=O)COC(=O)c2cccc(S(=O)(=O)N3C[C@@H](C)O[C@@H](C)C3)c2)c(C)n1-c1ccc(OC(F)F)cc1. The Kier molecular flexibility index (Phi) is 8.71. The molecule has 40 heavy (non-hydrogen) atoms. The normalized spacial score (nSPS) is 18.1. The van der Waals surface area contributed by atoms with Gasteiger partial charge in [0, 0.05) is 35.7 Å². The second-order valence-corrected chi connectivity index (χ2v) is 11.5. The molecule has 0 amide bonds. The minimum Gasteiger partial charge on any atom is -0.454 e. The monoisotopic (exact) mass is 576 g/mol. The van der Waals surface area contributed by atoms with Crippen molar-refractivity contribution in [3.63, 3.8) is 0 Å². The molecule has 2 heterocycles. The topological polar surface area (TPSA) is 104 Å². The zero-order valence-electron chi connectivity index (χ0n) is 22.5. The summed E-state index contributed by atoms with van der Waals surface area (Å²) in [6, 6.07) is 13.1. The van der Waals surface area contributed by atoms with Crippen LogP contribution in [0, 0.1) is 13.8 Å². The Bertz CT molecular complexity index is 1490. The number of ether oxygens (including phenoxy) is 3. The van der Waals surface area contributed by atoms with Crippen molar-refractivity contribution in [3.05, 3.63) is 77.1 Å². The van der Waals surface area contributed by atoms with Crippen molar-refractivity contribution in [1.82, 2.24) is 8.87 Å². The number of Topliss-reactive ketones (excluding diaryl/α,β-unsaturated/α-hetero) is 1. The molecule has 0 bridgehead atoms. The first-order chi connectivity index (χ1) is 18.9. The standard InChI is InChI=1S/C28H30F2N2O7S/c1-17-12-25(20(4)32(17)22-8-10-23(11-9-22)39-28(29)30)26(33)16-37-27(34)21-6-5-7-24(13-21)40(35,36)31-14-18(2)38-19(3)15-31/h5-13,18-19,28H,14-16H2,1-4H3/t18-,19+. The molecule has 0 N–H and O–H groups in total. The number of ketones is 1. The van der Waals surface area contributed by atoms with Crippen molar-refractivity contribution >= 4 is 21.8 Å². The number of carbonyl (C=O) groups is 2. The quantitative estimate of drug-likeness (QED) is 0.272. The molecule has 1 fully saturated rings. The second kappa shape index (κ2) is 11.9. The molecule has 214 valence electrons. The van der Waals surface area contributed by atoms with Gasteiger partial charge in [-0.05, 0) is 76.2 Å². The number of hydrogen-bond donors (Lipinski definition) is 0. The number of morpholine rings is 1. The Balaban J connectivity index is 1.45. The van der Waals surface area contributed by atoms with Gasteiger partial charge in [0.05, 0.1) is 22.7 Å². The van der Waals surface area contributed by atoms with E-state index in [1.54, 1.807) is 50.5 Å². The summed E-state index contributed by atoms with van der Waals surface area (Å²) < 4.78 is 69.6. The van der Waals surface area contributed by atoms with Gasteiger partial charge in [-0.15, -0.1) is 0 Å². The van der Waals surface area contributed by atoms with E-state index in [0.29, 0.717) is 22.6 Å². The highest BCUT2D eigenvalue weighted by Crippen LogP contribution is 2.25. The lowest BCUT2D eigenvalue weighted by Gasteiger charge is -2.34. The minimum atomic E-state index is -3.87. The zero-order chi connectivity index (χ0) is 29.2. The first-order valence-corrected chi connectivity index (χ1v) is 14.0. The summed E-state index contributed by atoms with van der Waals surface area (Å²) >= 11 is 0. The van der Waals surface area contributed by atoms with E-state index in [1.807, 2.05) is 0 Å². The molecule has 2 aromatic carbocycles. The summed E-state index contributed by atoms with van der Waals surface area (Å²) in [5.41, 5.74) is 2.24. The van der Waals surface area contributed by atoms with Crippen molar-refractivity contribution in [1.29, 1.82) is 0 Å². The largest absolute Gasteiger partial charge is 0.454 e. The lowest BCUT2D eigenvalue weighted by molar-refractivity contribution is -0.0498. The molecule has 3 aromatic rings. The Morgan fingerprint density at radius 1 is 1.02 bits per heavy atom. The molecular formula is C28H30F2N2O7S. The van der Waals surface area contributed by atoms with Gasteiger partial charge in [0.2, 0.25) is 15.8 Å².